The molecule has 1 saturated heterocycles. The highest BCUT2D eigenvalue weighted by Gasteiger charge is 2.31. The van der Waals surface area contributed by atoms with Gasteiger partial charge in [0.25, 0.3) is 11.5 Å². The van der Waals surface area contributed by atoms with Crippen LogP contribution in [0, 0.1) is 5.92 Å². The fourth-order valence-electron chi connectivity index (χ4n) is 5.02. The lowest BCUT2D eigenvalue weighted by molar-refractivity contribution is -0.147. The van der Waals surface area contributed by atoms with Crippen LogP contribution >= 0.6 is 0 Å². The third-order valence-corrected chi connectivity index (χ3v) is 6.87. The molecule has 3 heterocycles. The van der Waals surface area contributed by atoms with Gasteiger partial charge in [0.15, 0.2) is 0 Å². The second kappa shape index (κ2) is 8.34. The smallest absolute Gasteiger partial charge is 0.267 e. The molecule has 0 N–H and O–H groups in total. The number of carbonyl (C=O) groups is 1. The number of rotatable bonds is 3. The third-order valence-electron chi connectivity index (χ3n) is 6.87. The van der Waals surface area contributed by atoms with E-state index >= 15 is 0 Å². The molecule has 0 radical (unpaired) electrons. The number of likely N-dealkylation sites (tertiary alicyclic amines) is 1. The van der Waals surface area contributed by atoms with Crippen LogP contribution in [-0.4, -0.2) is 39.8 Å². The maximum Gasteiger partial charge on any atom is 0.267 e. The summed E-state index contributed by atoms with van der Waals surface area (Å²) in [7, 11) is 0. The van der Waals surface area contributed by atoms with Gasteiger partial charge in [-0.1, -0.05) is 24.3 Å². The zero-order valence-corrected chi connectivity index (χ0v) is 17.4. The van der Waals surface area contributed by atoms with Gasteiger partial charge in [-0.2, -0.15) is 5.10 Å². The van der Waals surface area contributed by atoms with Crippen molar-refractivity contribution in [3.63, 3.8) is 0 Å². The lowest BCUT2D eigenvalue weighted by Gasteiger charge is -2.35. The third kappa shape index (κ3) is 3.93. The lowest BCUT2D eigenvalue weighted by Crippen LogP contribution is -2.47. The number of amides is 1. The Kier molecular flexibility index (Phi) is 5.42. The first-order valence-electron chi connectivity index (χ1n) is 11.2. The van der Waals surface area contributed by atoms with E-state index in [1.165, 1.54) is 11.1 Å². The monoisotopic (exact) mass is 407 g/mol. The Morgan fingerprint density at radius 1 is 1.07 bits per heavy atom. The summed E-state index contributed by atoms with van der Waals surface area (Å²) in [6, 6.07) is 9.98. The lowest BCUT2D eigenvalue weighted by atomic mass is 9.94. The number of hydrogen-bond acceptors (Lipinski definition) is 4. The second-order valence-electron chi connectivity index (χ2n) is 8.88. The van der Waals surface area contributed by atoms with Crippen molar-refractivity contribution in [1.29, 1.82) is 0 Å². The van der Waals surface area contributed by atoms with E-state index < -0.39 is 0 Å². The number of nitrogens with zero attached hydrogens (tertiary/aromatic N) is 3. The van der Waals surface area contributed by atoms with Crippen LogP contribution in [0.3, 0.4) is 0 Å². The summed E-state index contributed by atoms with van der Waals surface area (Å²) >= 11 is 0. The van der Waals surface area contributed by atoms with Gasteiger partial charge >= 0.3 is 0 Å². The Bertz CT molecular complexity index is 991. The normalized spacial score (nSPS) is 21.7. The van der Waals surface area contributed by atoms with Crippen molar-refractivity contribution < 1.29 is 9.53 Å². The first-order valence-corrected chi connectivity index (χ1v) is 11.2. The topological polar surface area (TPSA) is 64.4 Å². The van der Waals surface area contributed by atoms with Crippen molar-refractivity contribution in [2.75, 3.05) is 13.1 Å². The summed E-state index contributed by atoms with van der Waals surface area (Å²) in [4.78, 5) is 27.4. The number of piperidine rings is 1. The molecule has 1 aliphatic carbocycles. The molecule has 6 heteroatoms. The molecule has 2 aromatic rings. The van der Waals surface area contributed by atoms with E-state index in [-0.39, 0.29) is 17.6 Å². The number of fused-ring (bicyclic) bond motifs is 2. The zero-order chi connectivity index (χ0) is 20.5. The van der Waals surface area contributed by atoms with Crippen molar-refractivity contribution in [2.45, 2.75) is 64.2 Å². The Labute approximate surface area is 176 Å². The molecule has 0 bridgehead atoms. The average molecular weight is 408 g/mol. The summed E-state index contributed by atoms with van der Waals surface area (Å²) in [5, 5.41) is 4.66. The number of aryl methyl sites for hydroxylation is 2. The van der Waals surface area contributed by atoms with Gasteiger partial charge in [0.2, 0.25) is 0 Å². The maximum absolute atomic E-state index is 13.0. The van der Waals surface area contributed by atoms with E-state index in [4.69, 9.17) is 4.74 Å². The summed E-state index contributed by atoms with van der Waals surface area (Å²) in [6.45, 7) is 2.62. The van der Waals surface area contributed by atoms with E-state index in [1.54, 1.807) is 10.7 Å². The highest BCUT2D eigenvalue weighted by molar-refractivity contribution is 5.81. The minimum atomic E-state index is -0.374. The number of carbonyl (C=O) groups excluding carboxylic acids is 1. The molecule has 1 amide bonds. The molecule has 0 spiro atoms. The van der Waals surface area contributed by atoms with Gasteiger partial charge < -0.3 is 9.64 Å². The first-order chi connectivity index (χ1) is 14.7. The summed E-state index contributed by atoms with van der Waals surface area (Å²) in [6.07, 6.45) is 6.36. The van der Waals surface area contributed by atoms with E-state index in [9.17, 15) is 9.59 Å². The fourth-order valence-corrected chi connectivity index (χ4v) is 5.02. The SMILES string of the molecule is O=C(C1Cc2ccccc2CO1)N1CCC(Cn2nc3c(cc2=O)CCCC3)CC1. The number of ether oxygens (including phenoxy) is 1. The van der Waals surface area contributed by atoms with Crippen molar-refractivity contribution in [1.82, 2.24) is 14.7 Å². The predicted molar refractivity (Wildman–Crippen MR) is 113 cm³/mol. The Morgan fingerprint density at radius 2 is 1.83 bits per heavy atom. The van der Waals surface area contributed by atoms with Gasteiger partial charge in [-0.25, -0.2) is 4.68 Å². The zero-order valence-electron chi connectivity index (χ0n) is 17.4. The largest absolute Gasteiger partial charge is 0.363 e. The van der Waals surface area contributed by atoms with E-state index in [0.717, 1.165) is 62.9 Å². The van der Waals surface area contributed by atoms with Crippen molar-refractivity contribution in [2.24, 2.45) is 5.92 Å². The highest BCUT2D eigenvalue weighted by Crippen LogP contribution is 2.25. The molecule has 30 heavy (non-hydrogen) atoms. The minimum absolute atomic E-state index is 0.0171. The van der Waals surface area contributed by atoms with Crippen LogP contribution in [0.5, 0.6) is 0 Å². The predicted octanol–water partition coefficient (Wildman–Crippen LogP) is 2.50. The second-order valence-corrected chi connectivity index (χ2v) is 8.88. The number of benzene rings is 1. The van der Waals surface area contributed by atoms with Gasteiger partial charge in [-0.3, -0.25) is 9.59 Å². The number of aromatic nitrogens is 2. The average Bonchev–Trinajstić information content (AvgIpc) is 2.79. The van der Waals surface area contributed by atoms with Crippen LogP contribution in [-0.2, 0) is 41.9 Å². The van der Waals surface area contributed by atoms with Gasteiger partial charge in [-0.05, 0) is 61.1 Å². The van der Waals surface area contributed by atoms with E-state index in [2.05, 4.69) is 17.2 Å². The summed E-state index contributed by atoms with van der Waals surface area (Å²) < 4.78 is 7.52. The van der Waals surface area contributed by atoms with Crippen LogP contribution in [0.4, 0.5) is 0 Å². The fraction of sp³-hybridized carbons (Fsp3) is 0.542. The molecule has 3 aliphatic rings. The molecule has 5 rings (SSSR count). The maximum atomic E-state index is 13.0. The van der Waals surface area contributed by atoms with Gasteiger partial charge in [0.1, 0.15) is 6.10 Å². The molecule has 1 fully saturated rings. The highest BCUT2D eigenvalue weighted by atomic mass is 16.5. The molecule has 2 aliphatic heterocycles. The van der Waals surface area contributed by atoms with E-state index in [0.29, 0.717) is 25.5 Å². The van der Waals surface area contributed by atoms with Gasteiger partial charge in [0.05, 0.1) is 12.3 Å². The Hall–Kier alpha value is -2.47. The Balaban J connectivity index is 1.18. The quantitative estimate of drug-likeness (QED) is 0.784. The van der Waals surface area contributed by atoms with Crippen molar-refractivity contribution >= 4 is 5.91 Å². The van der Waals surface area contributed by atoms with E-state index in [1.807, 2.05) is 17.0 Å². The minimum Gasteiger partial charge on any atom is -0.363 e. The van der Waals surface area contributed by atoms with Crippen LogP contribution in [0.1, 0.15) is 48.1 Å². The summed E-state index contributed by atoms with van der Waals surface area (Å²) in [5.74, 6) is 0.487. The van der Waals surface area contributed by atoms with Crippen LogP contribution < -0.4 is 5.56 Å². The van der Waals surface area contributed by atoms with Crippen LogP contribution in [0.25, 0.3) is 0 Å². The molecule has 1 aromatic carbocycles. The van der Waals surface area contributed by atoms with Gasteiger partial charge in [0, 0.05) is 32.1 Å². The van der Waals surface area contributed by atoms with Crippen molar-refractivity contribution in [3.05, 3.63) is 63.1 Å². The van der Waals surface area contributed by atoms with Crippen molar-refractivity contribution in [3.8, 4) is 0 Å². The molecule has 1 atom stereocenters. The van der Waals surface area contributed by atoms with Crippen LogP contribution in [0.2, 0.25) is 0 Å². The summed E-state index contributed by atoms with van der Waals surface area (Å²) in [5.41, 5.74) is 4.65. The number of hydrogen-bond donors (Lipinski definition) is 0. The molecular weight excluding hydrogens is 378 g/mol. The standard InChI is InChI=1S/C24H29N3O3/c28-23-14-19-6-3-4-8-21(19)25-27(23)15-17-9-11-26(12-10-17)24(29)22-13-18-5-1-2-7-20(18)16-30-22/h1-2,5,7,14,17,22H,3-4,6,8-13,15-16H2. The molecule has 6 nitrogen and oxygen atoms in total. The first kappa shape index (κ1) is 19.5. The van der Waals surface area contributed by atoms with Gasteiger partial charge in [-0.15, -0.1) is 0 Å². The van der Waals surface area contributed by atoms with Crippen LogP contribution in [0.15, 0.2) is 35.1 Å². The molecule has 0 saturated carbocycles. The Morgan fingerprint density at radius 3 is 2.67 bits per heavy atom. The molecule has 1 unspecified atom stereocenters. The molecular formula is C24H29N3O3. The molecule has 158 valence electrons. The molecule has 1 aromatic heterocycles.